The molecule has 8 N–H and O–H groups in total. The number of alkyl halides is 3. The van der Waals surface area contributed by atoms with Gasteiger partial charge in [0.05, 0.1) is 18.1 Å². The van der Waals surface area contributed by atoms with E-state index >= 15 is 0 Å². The van der Waals surface area contributed by atoms with Gasteiger partial charge < -0.3 is 21.1 Å². The fraction of sp³-hybridized carbons (Fsp3) is 0.263. The van der Waals surface area contributed by atoms with E-state index in [1.807, 2.05) is 0 Å². The van der Waals surface area contributed by atoms with Gasteiger partial charge in [-0.2, -0.15) is 13.2 Å². The number of nitrogens with two attached hydrogens (primary N) is 1. The second-order valence-electron chi connectivity index (χ2n) is 6.91. The van der Waals surface area contributed by atoms with Gasteiger partial charge in [-0.3, -0.25) is 24.6 Å². The average Bonchev–Trinajstić information content (AvgIpc) is 2.75. The molecule has 0 spiro atoms. The Bertz CT molecular complexity index is 1300. The van der Waals surface area contributed by atoms with Crippen molar-refractivity contribution in [3.63, 3.8) is 0 Å². The average molecular weight is 571 g/mol. The quantitative estimate of drug-likeness (QED) is 0.0982. The summed E-state index contributed by atoms with van der Waals surface area (Å²) in [5.41, 5.74) is 6.84. The first-order chi connectivity index (χ1) is 17.0. The van der Waals surface area contributed by atoms with Crippen molar-refractivity contribution in [1.82, 2.24) is 15.8 Å². The van der Waals surface area contributed by atoms with Crippen molar-refractivity contribution < 1.29 is 41.1 Å². The van der Waals surface area contributed by atoms with E-state index in [0.717, 1.165) is 0 Å². The van der Waals surface area contributed by atoms with Crippen LogP contribution >= 0.6 is 11.6 Å². The Morgan fingerprint density at radius 2 is 1.86 bits per heavy atom. The van der Waals surface area contributed by atoms with Gasteiger partial charge in [-0.25, -0.2) is 18.7 Å². The Hall–Kier alpha value is -3.83. The third kappa shape index (κ3) is 10.8. The predicted octanol–water partition coefficient (Wildman–Crippen LogP) is 0.844. The van der Waals surface area contributed by atoms with Gasteiger partial charge in [0, 0.05) is 12.2 Å². The minimum absolute atomic E-state index is 0.00740. The molecule has 0 atom stereocenters. The van der Waals surface area contributed by atoms with E-state index in [1.54, 1.807) is 13.0 Å². The Labute approximate surface area is 212 Å². The minimum atomic E-state index is -5.08. The van der Waals surface area contributed by atoms with Gasteiger partial charge in [-0.1, -0.05) is 23.7 Å². The highest BCUT2D eigenvalue weighted by atomic mass is 35.5. The molecule has 13 nitrogen and oxygen atoms in total. The second kappa shape index (κ2) is 13.5. The Morgan fingerprint density at radius 3 is 2.41 bits per heavy atom. The summed E-state index contributed by atoms with van der Waals surface area (Å²) in [4.78, 5) is 40.6. The lowest BCUT2D eigenvalue weighted by atomic mass is 10.1. The van der Waals surface area contributed by atoms with Crippen LogP contribution in [-0.2, 0) is 30.9 Å². The molecule has 0 unspecified atom stereocenters. The number of aliphatic carboxylic acids is 1. The molecular formula is C19H22ClF3N6O7S. The lowest BCUT2D eigenvalue weighted by Gasteiger charge is -2.13. The van der Waals surface area contributed by atoms with Crippen LogP contribution in [0.3, 0.4) is 0 Å². The number of H-pyrrole nitrogens is 1. The zero-order valence-corrected chi connectivity index (χ0v) is 20.5. The van der Waals surface area contributed by atoms with E-state index in [2.05, 4.69) is 20.5 Å². The molecule has 1 heterocycles. The molecule has 0 aliphatic heterocycles. The molecule has 2 rings (SSSR count). The summed E-state index contributed by atoms with van der Waals surface area (Å²) in [6.45, 7) is 1.74. The molecule has 1 aromatic carbocycles. The van der Waals surface area contributed by atoms with Crippen LogP contribution in [0, 0.1) is 12.3 Å². The van der Waals surface area contributed by atoms with Crippen LogP contribution in [-0.4, -0.2) is 55.7 Å². The number of nitrogens with one attached hydrogen (secondary N) is 5. The highest BCUT2D eigenvalue weighted by Crippen LogP contribution is 2.24. The van der Waals surface area contributed by atoms with Gasteiger partial charge in [-0.15, -0.1) is 0 Å². The topological polar surface area (TPSA) is 217 Å². The molecule has 0 aliphatic rings. The number of sulfonamides is 1. The van der Waals surface area contributed by atoms with E-state index in [0.29, 0.717) is 5.69 Å². The van der Waals surface area contributed by atoms with E-state index in [1.165, 1.54) is 24.3 Å². The van der Waals surface area contributed by atoms with Crippen LogP contribution in [0.25, 0.3) is 0 Å². The van der Waals surface area contributed by atoms with Gasteiger partial charge in [-0.05, 0) is 30.7 Å². The van der Waals surface area contributed by atoms with Crippen molar-refractivity contribution in [2.24, 2.45) is 5.73 Å². The number of hydrogen-bond donors (Lipinski definition) is 7. The molecule has 1 amide bonds. The first kappa shape index (κ1) is 31.2. The van der Waals surface area contributed by atoms with E-state index in [4.69, 9.17) is 37.5 Å². The number of carboxylic acids is 1. The summed E-state index contributed by atoms with van der Waals surface area (Å²) in [6.07, 6.45) is -5.34. The maximum absolute atomic E-state index is 12.7. The number of anilines is 1. The van der Waals surface area contributed by atoms with E-state index in [9.17, 15) is 31.2 Å². The summed E-state index contributed by atoms with van der Waals surface area (Å²) in [6, 6.07) is 7.28. The molecule has 37 heavy (non-hydrogen) atoms. The van der Waals surface area contributed by atoms with Gasteiger partial charge >= 0.3 is 12.1 Å². The van der Waals surface area contributed by atoms with Crippen LogP contribution in [0.5, 0.6) is 0 Å². The van der Waals surface area contributed by atoms with Crippen LogP contribution in [0.2, 0.25) is 5.02 Å². The molecule has 0 aliphatic carbocycles. The molecule has 204 valence electrons. The van der Waals surface area contributed by atoms with Gasteiger partial charge in [0.25, 0.3) is 15.6 Å². The molecule has 0 saturated carbocycles. The number of benzene rings is 1. The largest absolute Gasteiger partial charge is 0.490 e. The number of halogens is 4. The van der Waals surface area contributed by atoms with Gasteiger partial charge in [0.1, 0.15) is 10.6 Å². The normalized spacial score (nSPS) is 11.1. The van der Waals surface area contributed by atoms with Crippen LogP contribution in [0.4, 0.5) is 18.9 Å². The fourth-order valence-corrected chi connectivity index (χ4v) is 4.09. The van der Waals surface area contributed by atoms with Crippen molar-refractivity contribution in [2.75, 3.05) is 17.9 Å². The minimum Gasteiger partial charge on any atom is -0.475 e. The third-order valence-electron chi connectivity index (χ3n) is 3.91. The van der Waals surface area contributed by atoms with Crippen LogP contribution < -0.4 is 26.8 Å². The summed E-state index contributed by atoms with van der Waals surface area (Å²) in [5.74, 6) is -3.60. The Morgan fingerprint density at radius 1 is 1.27 bits per heavy atom. The van der Waals surface area contributed by atoms with Gasteiger partial charge in [0.2, 0.25) is 11.9 Å². The van der Waals surface area contributed by atoms with Crippen molar-refractivity contribution in [2.45, 2.75) is 24.4 Å². The van der Waals surface area contributed by atoms with E-state index < -0.39 is 33.6 Å². The number of amides is 1. The van der Waals surface area contributed by atoms with Crippen molar-refractivity contribution in [3.8, 4) is 0 Å². The number of hydroxylamine groups is 1. The van der Waals surface area contributed by atoms with Crippen molar-refractivity contribution >= 4 is 45.1 Å². The first-order valence-electron chi connectivity index (χ1n) is 9.83. The number of aromatic nitrogens is 1. The summed E-state index contributed by atoms with van der Waals surface area (Å²) < 4.78 is 59.4. The second-order valence-corrected chi connectivity index (χ2v) is 8.97. The van der Waals surface area contributed by atoms with E-state index in [-0.39, 0.29) is 46.7 Å². The lowest BCUT2D eigenvalue weighted by Crippen LogP contribution is -2.35. The number of aryl methyl sites for hydroxylation is 1. The van der Waals surface area contributed by atoms with Crippen molar-refractivity contribution in [1.29, 1.82) is 5.41 Å². The predicted molar refractivity (Wildman–Crippen MR) is 125 cm³/mol. The number of aromatic amines is 1. The third-order valence-corrected chi connectivity index (χ3v) is 5.76. The van der Waals surface area contributed by atoms with Crippen molar-refractivity contribution in [3.05, 3.63) is 57.0 Å². The molecule has 0 radical (unpaired) electrons. The number of carbonyl (C=O) groups excluding carboxylic acids is 1. The number of carbonyl (C=O) groups is 2. The maximum atomic E-state index is 12.7. The number of carboxylic acid groups (broad SMARTS) is 1. The number of pyridine rings is 1. The molecule has 2 aromatic rings. The zero-order valence-electron chi connectivity index (χ0n) is 18.9. The SMILES string of the molecule is Cc1cc(CC(=O)NCCONC(=N)N)c(NS(=O)(=O)c2ccccc2Cl)c(=O)[nH]1.O=C(O)C(F)(F)F. The summed E-state index contributed by atoms with van der Waals surface area (Å²) >= 11 is 5.96. The molecule has 0 fully saturated rings. The van der Waals surface area contributed by atoms with Crippen LogP contribution in [0.15, 0.2) is 40.0 Å². The molecule has 18 heteroatoms. The maximum Gasteiger partial charge on any atom is 0.490 e. The fourth-order valence-electron chi connectivity index (χ4n) is 2.47. The van der Waals surface area contributed by atoms with Gasteiger partial charge in [0.15, 0.2) is 0 Å². The first-order valence-corrected chi connectivity index (χ1v) is 11.7. The standard InChI is InChI=1S/C17H21ClN6O5S.C2HF3O2/c1-10-8-11(9-14(25)21-6-7-29-23-17(19)20)15(16(26)22-10)24-30(27,28)13-5-3-2-4-12(13)18;3-2(4,5)1(6)7/h2-5,8,24H,6-7,9H2,1H3,(H,21,25)(H,22,26)(H4,19,20,23);(H,6,7). The Kier molecular flexibility index (Phi) is 11.4. The summed E-state index contributed by atoms with van der Waals surface area (Å²) in [5, 5.41) is 16.6. The molecule has 0 saturated heterocycles. The number of guanidine groups is 1. The zero-order chi connectivity index (χ0) is 28.4. The highest BCUT2D eigenvalue weighted by Gasteiger charge is 2.38. The lowest BCUT2D eigenvalue weighted by molar-refractivity contribution is -0.192. The molecule has 0 bridgehead atoms. The summed E-state index contributed by atoms with van der Waals surface area (Å²) in [7, 11) is -4.16. The van der Waals surface area contributed by atoms with Crippen LogP contribution in [0.1, 0.15) is 11.3 Å². The molecule has 1 aromatic heterocycles. The highest BCUT2D eigenvalue weighted by molar-refractivity contribution is 7.92. The Balaban J connectivity index is 0.000000856. The monoisotopic (exact) mass is 570 g/mol. The molecular weight excluding hydrogens is 549 g/mol. The number of rotatable bonds is 9. The smallest absolute Gasteiger partial charge is 0.475 e. The number of hydrogen-bond acceptors (Lipinski definition) is 7.